The first-order valence-electron chi connectivity index (χ1n) is 3.94. The monoisotopic (exact) mass is 212 g/mol. The predicted molar refractivity (Wildman–Crippen MR) is 51.4 cm³/mol. The first-order valence-corrected chi connectivity index (χ1v) is 4.81. The highest BCUT2D eigenvalue weighted by atomic mass is 35.5. The van der Waals surface area contributed by atoms with Crippen molar-refractivity contribution >= 4 is 29.1 Å². The number of nitrogens with two attached hydrogens (primary N) is 1. The van der Waals surface area contributed by atoms with Gasteiger partial charge in [-0.25, -0.2) is 0 Å². The van der Waals surface area contributed by atoms with Gasteiger partial charge in [-0.1, -0.05) is 29.6 Å². The van der Waals surface area contributed by atoms with Crippen molar-refractivity contribution in [3.8, 4) is 0 Å². The molecule has 0 radical (unpaired) electrons. The largest absolute Gasteiger partial charge is 0.354 e. The number of hydrogen-bond donors (Lipinski definition) is 2. The SMILES string of the molecule is NCCCCCNC(=O)C(Cl)Cl. The van der Waals surface area contributed by atoms with Crippen LogP contribution in [0.25, 0.3) is 0 Å². The summed E-state index contributed by atoms with van der Waals surface area (Å²) in [5, 5.41) is 2.60. The standard InChI is InChI=1S/C7H14Cl2N2O/c8-6(9)7(12)11-5-3-1-2-4-10/h6H,1-5,10H2,(H,11,12). The molecule has 0 aromatic carbocycles. The third kappa shape index (κ3) is 6.70. The van der Waals surface area contributed by atoms with Crippen LogP contribution in [0.2, 0.25) is 0 Å². The fraction of sp³-hybridized carbons (Fsp3) is 0.857. The van der Waals surface area contributed by atoms with E-state index in [-0.39, 0.29) is 5.91 Å². The minimum Gasteiger partial charge on any atom is -0.354 e. The summed E-state index contributed by atoms with van der Waals surface area (Å²) in [5.74, 6) is -0.328. The van der Waals surface area contributed by atoms with Gasteiger partial charge in [0.2, 0.25) is 0 Å². The van der Waals surface area contributed by atoms with Crippen LogP contribution in [0.1, 0.15) is 19.3 Å². The maximum absolute atomic E-state index is 10.8. The van der Waals surface area contributed by atoms with Crippen molar-refractivity contribution in [2.24, 2.45) is 5.73 Å². The zero-order chi connectivity index (χ0) is 9.40. The molecule has 0 saturated carbocycles. The molecule has 3 N–H and O–H groups in total. The molecule has 0 aromatic heterocycles. The molecule has 3 nitrogen and oxygen atoms in total. The molecule has 0 fully saturated rings. The molecule has 12 heavy (non-hydrogen) atoms. The van der Waals surface area contributed by atoms with Gasteiger partial charge in [-0.05, 0) is 19.4 Å². The molecule has 0 rings (SSSR count). The zero-order valence-corrected chi connectivity index (χ0v) is 8.37. The minimum absolute atomic E-state index is 0.328. The smallest absolute Gasteiger partial charge is 0.253 e. The van der Waals surface area contributed by atoms with Gasteiger partial charge in [0.05, 0.1) is 0 Å². The number of halogens is 2. The first kappa shape index (κ1) is 12.0. The van der Waals surface area contributed by atoms with Crippen LogP contribution >= 0.6 is 23.2 Å². The molecule has 0 aromatic rings. The third-order valence-electron chi connectivity index (χ3n) is 1.38. The lowest BCUT2D eigenvalue weighted by Gasteiger charge is -2.04. The summed E-state index contributed by atoms with van der Waals surface area (Å²) in [6.45, 7) is 1.32. The molecule has 0 saturated heterocycles. The molecule has 0 atom stereocenters. The van der Waals surface area contributed by atoms with Crippen LogP contribution in [-0.4, -0.2) is 23.8 Å². The van der Waals surface area contributed by atoms with Crippen LogP contribution in [0.4, 0.5) is 0 Å². The van der Waals surface area contributed by atoms with Crippen molar-refractivity contribution in [1.82, 2.24) is 5.32 Å². The van der Waals surface area contributed by atoms with E-state index in [0.29, 0.717) is 13.1 Å². The summed E-state index contributed by atoms with van der Waals surface area (Å²) < 4.78 is 0. The van der Waals surface area contributed by atoms with E-state index in [2.05, 4.69) is 5.32 Å². The van der Waals surface area contributed by atoms with E-state index in [4.69, 9.17) is 28.9 Å². The molecule has 5 heteroatoms. The van der Waals surface area contributed by atoms with Gasteiger partial charge in [0.25, 0.3) is 5.91 Å². The van der Waals surface area contributed by atoms with Crippen LogP contribution in [0, 0.1) is 0 Å². The van der Waals surface area contributed by atoms with Gasteiger partial charge in [0.15, 0.2) is 4.84 Å². The molecular formula is C7H14Cl2N2O. The summed E-state index contributed by atoms with van der Waals surface area (Å²) in [6, 6.07) is 0. The molecule has 0 spiro atoms. The van der Waals surface area contributed by atoms with Crippen LogP contribution in [0.5, 0.6) is 0 Å². The van der Waals surface area contributed by atoms with Gasteiger partial charge >= 0.3 is 0 Å². The summed E-state index contributed by atoms with van der Waals surface area (Å²) in [5.41, 5.74) is 5.29. The maximum atomic E-state index is 10.8. The Balaban J connectivity index is 3.14. The number of nitrogens with one attached hydrogen (secondary N) is 1. The second-order valence-corrected chi connectivity index (χ2v) is 3.54. The Bertz CT molecular complexity index is 131. The summed E-state index contributed by atoms with van der Waals surface area (Å²) in [4.78, 5) is 9.82. The van der Waals surface area contributed by atoms with Crippen LogP contribution in [0.15, 0.2) is 0 Å². The lowest BCUT2D eigenvalue weighted by atomic mass is 10.2. The topological polar surface area (TPSA) is 55.1 Å². The number of carbonyl (C=O) groups is 1. The number of unbranched alkanes of at least 4 members (excludes halogenated alkanes) is 2. The minimum atomic E-state index is -0.959. The van der Waals surface area contributed by atoms with Gasteiger partial charge in [-0.15, -0.1) is 0 Å². The van der Waals surface area contributed by atoms with E-state index in [1.54, 1.807) is 0 Å². The highest BCUT2D eigenvalue weighted by molar-refractivity contribution is 6.53. The van der Waals surface area contributed by atoms with Crippen molar-refractivity contribution in [2.75, 3.05) is 13.1 Å². The molecule has 72 valence electrons. The normalized spacial score (nSPS) is 10.3. The van der Waals surface area contributed by atoms with E-state index in [0.717, 1.165) is 19.3 Å². The Labute approximate surface area is 82.6 Å². The van der Waals surface area contributed by atoms with Crippen molar-refractivity contribution < 1.29 is 4.79 Å². The van der Waals surface area contributed by atoms with Gasteiger partial charge in [-0.3, -0.25) is 4.79 Å². The van der Waals surface area contributed by atoms with Crippen LogP contribution in [0.3, 0.4) is 0 Å². The van der Waals surface area contributed by atoms with E-state index in [1.165, 1.54) is 0 Å². The molecule has 0 heterocycles. The van der Waals surface area contributed by atoms with Gasteiger partial charge in [-0.2, -0.15) is 0 Å². The lowest BCUT2D eigenvalue weighted by Crippen LogP contribution is -2.29. The van der Waals surface area contributed by atoms with E-state index in [1.807, 2.05) is 0 Å². The fourth-order valence-corrected chi connectivity index (χ4v) is 0.889. The second kappa shape index (κ2) is 7.65. The third-order valence-corrected chi connectivity index (χ3v) is 1.77. The predicted octanol–water partition coefficient (Wildman–Crippen LogP) is 1.04. The summed E-state index contributed by atoms with van der Waals surface area (Å²) >= 11 is 10.6. The van der Waals surface area contributed by atoms with Gasteiger partial charge < -0.3 is 11.1 Å². The van der Waals surface area contributed by atoms with E-state index >= 15 is 0 Å². The average Bonchev–Trinajstić information content (AvgIpc) is 2.03. The fourth-order valence-electron chi connectivity index (χ4n) is 0.735. The van der Waals surface area contributed by atoms with Crippen molar-refractivity contribution in [3.05, 3.63) is 0 Å². The quantitative estimate of drug-likeness (QED) is 0.511. The number of alkyl halides is 2. The average molecular weight is 213 g/mol. The first-order chi connectivity index (χ1) is 5.68. The molecule has 0 unspecified atom stereocenters. The van der Waals surface area contributed by atoms with Crippen molar-refractivity contribution in [2.45, 2.75) is 24.1 Å². The molecule has 0 aliphatic carbocycles. The second-order valence-electron chi connectivity index (χ2n) is 2.44. The van der Waals surface area contributed by atoms with Crippen LogP contribution in [-0.2, 0) is 4.79 Å². The Kier molecular flexibility index (Phi) is 7.65. The summed E-state index contributed by atoms with van der Waals surface area (Å²) in [6.07, 6.45) is 2.93. The summed E-state index contributed by atoms with van der Waals surface area (Å²) in [7, 11) is 0. The maximum Gasteiger partial charge on any atom is 0.253 e. The highest BCUT2D eigenvalue weighted by Crippen LogP contribution is 2.00. The van der Waals surface area contributed by atoms with Crippen molar-refractivity contribution in [1.29, 1.82) is 0 Å². The number of carbonyl (C=O) groups excluding carboxylic acids is 1. The molecule has 1 amide bonds. The molecule has 0 aliphatic heterocycles. The van der Waals surface area contributed by atoms with Crippen LogP contribution < -0.4 is 11.1 Å². The Morgan fingerprint density at radius 2 is 2.00 bits per heavy atom. The van der Waals surface area contributed by atoms with E-state index < -0.39 is 4.84 Å². The molecule has 0 aliphatic rings. The zero-order valence-electron chi connectivity index (χ0n) is 6.85. The van der Waals surface area contributed by atoms with Gasteiger partial charge in [0, 0.05) is 6.54 Å². The van der Waals surface area contributed by atoms with E-state index in [9.17, 15) is 4.79 Å². The van der Waals surface area contributed by atoms with Gasteiger partial charge in [0.1, 0.15) is 0 Å². The number of amides is 1. The lowest BCUT2D eigenvalue weighted by molar-refractivity contribution is -0.119. The molecule has 0 bridgehead atoms. The highest BCUT2D eigenvalue weighted by Gasteiger charge is 2.08. The number of hydrogen-bond acceptors (Lipinski definition) is 2. The molecular weight excluding hydrogens is 199 g/mol. The Morgan fingerprint density at radius 3 is 2.50 bits per heavy atom. The Hall–Kier alpha value is 0.01000. The Morgan fingerprint density at radius 1 is 1.33 bits per heavy atom. The number of rotatable bonds is 6. The van der Waals surface area contributed by atoms with Crippen molar-refractivity contribution in [3.63, 3.8) is 0 Å².